The summed E-state index contributed by atoms with van der Waals surface area (Å²) in [6, 6.07) is 3.88. The highest BCUT2D eigenvalue weighted by Crippen LogP contribution is 2.57. The molecule has 3 nitrogen and oxygen atoms in total. The third kappa shape index (κ3) is 1.65. The highest BCUT2D eigenvalue weighted by molar-refractivity contribution is 5.76. The molecule has 2 saturated carbocycles. The summed E-state index contributed by atoms with van der Waals surface area (Å²) in [5.74, 6) is 0.423. The first-order chi connectivity index (χ1) is 8.21. The van der Waals surface area contributed by atoms with Crippen LogP contribution in [0.4, 0.5) is 0 Å². The maximum absolute atomic E-state index is 11.7. The number of hydrogen-bond donors (Lipinski definition) is 1. The van der Waals surface area contributed by atoms with E-state index in [1.165, 1.54) is 6.42 Å². The van der Waals surface area contributed by atoms with Gasteiger partial charge in [0.05, 0.1) is 5.41 Å². The first kappa shape index (κ1) is 10.8. The monoisotopic (exact) mass is 231 g/mol. The minimum absolute atomic E-state index is 0.380. The molecule has 0 saturated heterocycles. The van der Waals surface area contributed by atoms with Gasteiger partial charge in [-0.25, -0.2) is 0 Å². The topological polar surface area (TPSA) is 50.2 Å². The number of aliphatic carboxylic acids is 1. The van der Waals surface area contributed by atoms with Gasteiger partial charge in [-0.05, 0) is 49.1 Å². The van der Waals surface area contributed by atoms with Crippen molar-refractivity contribution in [3.05, 3.63) is 30.1 Å². The molecule has 17 heavy (non-hydrogen) atoms. The molecule has 1 heterocycles. The van der Waals surface area contributed by atoms with Gasteiger partial charge in [0, 0.05) is 12.4 Å². The van der Waals surface area contributed by atoms with Gasteiger partial charge in [-0.15, -0.1) is 0 Å². The fourth-order valence-electron chi connectivity index (χ4n) is 3.87. The fourth-order valence-corrected chi connectivity index (χ4v) is 3.87. The Morgan fingerprint density at radius 1 is 1.53 bits per heavy atom. The predicted molar refractivity (Wildman–Crippen MR) is 63.5 cm³/mol. The van der Waals surface area contributed by atoms with Crippen molar-refractivity contribution in [3.63, 3.8) is 0 Å². The minimum Gasteiger partial charge on any atom is -0.481 e. The van der Waals surface area contributed by atoms with Crippen LogP contribution in [0.25, 0.3) is 0 Å². The molecule has 1 N–H and O–H groups in total. The molecule has 0 aromatic carbocycles. The van der Waals surface area contributed by atoms with Crippen LogP contribution in [0, 0.1) is 17.3 Å². The summed E-state index contributed by atoms with van der Waals surface area (Å²) in [6.07, 6.45) is 8.49. The van der Waals surface area contributed by atoms with Crippen molar-refractivity contribution in [2.45, 2.75) is 32.1 Å². The van der Waals surface area contributed by atoms with Crippen molar-refractivity contribution < 1.29 is 9.90 Å². The van der Waals surface area contributed by atoms with Crippen molar-refractivity contribution in [1.29, 1.82) is 0 Å². The van der Waals surface area contributed by atoms with E-state index in [0.29, 0.717) is 18.3 Å². The van der Waals surface area contributed by atoms with E-state index in [1.807, 2.05) is 12.1 Å². The largest absolute Gasteiger partial charge is 0.481 e. The molecule has 90 valence electrons. The molecule has 2 aliphatic rings. The lowest BCUT2D eigenvalue weighted by atomic mass is 9.69. The first-order valence-corrected chi connectivity index (χ1v) is 6.33. The van der Waals surface area contributed by atoms with Gasteiger partial charge in [-0.1, -0.05) is 12.5 Å². The summed E-state index contributed by atoms with van der Waals surface area (Å²) in [5, 5.41) is 9.63. The van der Waals surface area contributed by atoms with Crippen LogP contribution in [0.1, 0.15) is 31.2 Å². The van der Waals surface area contributed by atoms with Crippen LogP contribution in [0.3, 0.4) is 0 Å². The van der Waals surface area contributed by atoms with Crippen LogP contribution in [0.15, 0.2) is 24.5 Å². The summed E-state index contributed by atoms with van der Waals surface area (Å²) in [4.78, 5) is 15.8. The van der Waals surface area contributed by atoms with Crippen LogP contribution in [0.5, 0.6) is 0 Å². The number of carboxylic acid groups (broad SMARTS) is 1. The Kier molecular flexibility index (Phi) is 2.42. The molecule has 0 radical (unpaired) electrons. The molecule has 3 atom stereocenters. The molecule has 0 spiro atoms. The molecule has 1 aromatic rings. The molecule has 2 aliphatic carbocycles. The Labute approximate surface area is 101 Å². The van der Waals surface area contributed by atoms with Gasteiger partial charge in [-0.2, -0.15) is 0 Å². The van der Waals surface area contributed by atoms with Gasteiger partial charge in [0.1, 0.15) is 0 Å². The van der Waals surface area contributed by atoms with Crippen LogP contribution in [-0.2, 0) is 11.2 Å². The fraction of sp³-hybridized carbons (Fsp3) is 0.571. The quantitative estimate of drug-likeness (QED) is 0.869. The predicted octanol–water partition coefficient (Wildman–Crippen LogP) is 2.52. The van der Waals surface area contributed by atoms with E-state index < -0.39 is 11.4 Å². The van der Waals surface area contributed by atoms with Crippen molar-refractivity contribution in [2.24, 2.45) is 17.3 Å². The molecular formula is C14H17NO2. The van der Waals surface area contributed by atoms with Gasteiger partial charge >= 0.3 is 5.97 Å². The van der Waals surface area contributed by atoms with E-state index in [4.69, 9.17) is 0 Å². The van der Waals surface area contributed by atoms with Crippen LogP contribution in [0.2, 0.25) is 0 Å². The second-order valence-electron chi connectivity index (χ2n) is 5.58. The van der Waals surface area contributed by atoms with Crippen molar-refractivity contribution >= 4 is 5.97 Å². The average molecular weight is 231 g/mol. The summed E-state index contributed by atoms with van der Waals surface area (Å²) >= 11 is 0. The maximum Gasteiger partial charge on any atom is 0.310 e. The number of fused-ring (bicyclic) bond motifs is 2. The van der Waals surface area contributed by atoms with Crippen LogP contribution in [-0.4, -0.2) is 16.1 Å². The zero-order valence-electron chi connectivity index (χ0n) is 9.80. The van der Waals surface area contributed by atoms with Crippen molar-refractivity contribution in [2.75, 3.05) is 0 Å². The second kappa shape index (κ2) is 3.83. The Balaban J connectivity index is 1.89. The van der Waals surface area contributed by atoms with E-state index in [-0.39, 0.29) is 0 Å². The molecule has 0 amide bonds. The molecule has 2 bridgehead atoms. The molecule has 1 aromatic heterocycles. The molecule has 3 unspecified atom stereocenters. The van der Waals surface area contributed by atoms with Gasteiger partial charge in [0.2, 0.25) is 0 Å². The van der Waals surface area contributed by atoms with Crippen LogP contribution < -0.4 is 0 Å². The highest BCUT2D eigenvalue weighted by Gasteiger charge is 2.55. The molecule has 3 heteroatoms. The number of rotatable bonds is 3. The number of carboxylic acids is 1. The number of carbonyl (C=O) groups is 1. The van der Waals surface area contributed by atoms with Gasteiger partial charge in [0.25, 0.3) is 0 Å². The third-order valence-corrected chi connectivity index (χ3v) is 4.64. The van der Waals surface area contributed by atoms with E-state index in [0.717, 1.165) is 24.8 Å². The molecule has 3 rings (SSSR count). The number of nitrogens with zero attached hydrogens (tertiary/aromatic N) is 1. The maximum atomic E-state index is 11.7. The molecule has 0 aliphatic heterocycles. The van der Waals surface area contributed by atoms with E-state index >= 15 is 0 Å². The second-order valence-corrected chi connectivity index (χ2v) is 5.58. The Bertz CT molecular complexity index is 431. The number of aromatic nitrogens is 1. The summed E-state index contributed by atoms with van der Waals surface area (Å²) in [7, 11) is 0. The van der Waals surface area contributed by atoms with E-state index in [1.54, 1.807) is 12.4 Å². The summed E-state index contributed by atoms with van der Waals surface area (Å²) < 4.78 is 0. The first-order valence-electron chi connectivity index (χ1n) is 6.33. The van der Waals surface area contributed by atoms with Crippen molar-refractivity contribution in [1.82, 2.24) is 4.98 Å². The smallest absolute Gasteiger partial charge is 0.310 e. The lowest BCUT2D eigenvalue weighted by Crippen LogP contribution is -2.38. The van der Waals surface area contributed by atoms with Crippen LogP contribution >= 0.6 is 0 Å². The van der Waals surface area contributed by atoms with Gasteiger partial charge < -0.3 is 5.11 Å². The standard InChI is InChI=1S/C14H17NO2/c16-13(17)14(7-10-3-4-12(14)6-10)8-11-2-1-5-15-9-11/h1-2,5,9-10,12H,3-4,6-8H2,(H,16,17). The summed E-state index contributed by atoms with van der Waals surface area (Å²) in [5.41, 5.74) is 0.550. The number of pyridine rings is 1. The molecular weight excluding hydrogens is 214 g/mol. The summed E-state index contributed by atoms with van der Waals surface area (Å²) in [6.45, 7) is 0. The lowest BCUT2D eigenvalue weighted by Gasteiger charge is -2.33. The van der Waals surface area contributed by atoms with Crippen molar-refractivity contribution in [3.8, 4) is 0 Å². The average Bonchev–Trinajstić information content (AvgIpc) is 2.91. The highest BCUT2D eigenvalue weighted by atomic mass is 16.4. The Morgan fingerprint density at radius 3 is 2.94 bits per heavy atom. The normalized spacial score (nSPS) is 35.1. The Morgan fingerprint density at radius 2 is 2.41 bits per heavy atom. The third-order valence-electron chi connectivity index (χ3n) is 4.64. The Hall–Kier alpha value is -1.38. The zero-order valence-corrected chi connectivity index (χ0v) is 9.80. The lowest BCUT2D eigenvalue weighted by molar-refractivity contribution is -0.152. The SMILES string of the molecule is O=C(O)C1(Cc2cccnc2)CC2CCC1C2. The van der Waals surface area contributed by atoms with E-state index in [2.05, 4.69) is 4.98 Å². The zero-order chi connectivity index (χ0) is 11.9. The number of hydrogen-bond acceptors (Lipinski definition) is 2. The van der Waals surface area contributed by atoms with Gasteiger partial charge in [0.15, 0.2) is 0 Å². The van der Waals surface area contributed by atoms with E-state index in [9.17, 15) is 9.90 Å². The molecule has 2 fully saturated rings. The minimum atomic E-state index is -0.603. The van der Waals surface area contributed by atoms with Gasteiger partial charge in [-0.3, -0.25) is 9.78 Å².